The lowest BCUT2D eigenvalue weighted by atomic mass is 10.2. The normalized spacial score (nSPS) is 10.3. The first-order valence-electron chi connectivity index (χ1n) is 5.91. The van der Waals surface area contributed by atoms with Crippen molar-refractivity contribution in [1.82, 2.24) is 0 Å². The van der Waals surface area contributed by atoms with Crippen LogP contribution in [0.1, 0.15) is 15.9 Å². The number of esters is 1. The maximum absolute atomic E-state index is 12.0. The van der Waals surface area contributed by atoms with Crippen molar-refractivity contribution in [1.29, 1.82) is 0 Å². The number of ether oxygens (including phenoxy) is 2. The van der Waals surface area contributed by atoms with Crippen molar-refractivity contribution in [2.45, 2.75) is 13.2 Å². The number of rotatable bonds is 5. The largest absolute Gasteiger partial charge is 0.457 e. The molecule has 0 aliphatic heterocycles. The van der Waals surface area contributed by atoms with E-state index in [9.17, 15) is 13.6 Å². The standard InChI is InChI=1S/C15H12F2O3/c16-15(17)20-13-8-6-12(7-9-13)14(18)19-10-11-4-2-1-3-5-11/h1-9,15H,10H2. The van der Waals surface area contributed by atoms with Gasteiger partial charge in [-0.2, -0.15) is 8.78 Å². The van der Waals surface area contributed by atoms with E-state index in [0.29, 0.717) is 0 Å². The van der Waals surface area contributed by atoms with Gasteiger partial charge in [-0.3, -0.25) is 0 Å². The molecule has 0 spiro atoms. The van der Waals surface area contributed by atoms with Crippen LogP contribution in [0.25, 0.3) is 0 Å². The fourth-order valence-electron chi connectivity index (χ4n) is 1.58. The Morgan fingerprint density at radius 3 is 2.25 bits per heavy atom. The molecule has 3 nitrogen and oxygen atoms in total. The second-order valence-corrected chi connectivity index (χ2v) is 3.96. The third-order valence-electron chi connectivity index (χ3n) is 2.53. The summed E-state index contributed by atoms with van der Waals surface area (Å²) >= 11 is 0. The number of hydrogen-bond donors (Lipinski definition) is 0. The van der Waals surface area contributed by atoms with Crippen LogP contribution in [0.3, 0.4) is 0 Å². The molecule has 0 saturated heterocycles. The van der Waals surface area contributed by atoms with Crippen LogP contribution in [0.5, 0.6) is 5.75 Å². The average molecular weight is 278 g/mol. The van der Waals surface area contributed by atoms with Gasteiger partial charge in [-0.25, -0.2) is 4.79 Å². The van der Waals surface area contributed by atoms with Crippen LogP contribution in [0, 0.1) is 0 Å². The molecule has 2 aromatic carbocycles. The molecule has 0 fully saturated rings. The van der Waals surface area contributed by atoms with Gasteiger partial charge < -0.3 is 9.47 Å². The summed E-state index contributed by atoms with van der Waals surface area (Å²) in [5, 5.41) is 0. The lowest BCUT2D eigenvalue weighted by Crippen LogP contribution is -2.06. The maximum Gasteiger partial charge on any atom is 0.387 e. The Morgan fingerprint density at radius 2 is 1.65 bits per heavy atom. The van der Waals surface area contributed by atoms with Gasteiger partial charge in [0.15, 0.2) is 0 Å². The molecule has 0 unspecified atom stereocenters. The number of carbonyl (C=O) groups is 1. The van der Waals surface area contributed by atoms with Gasteiger partial charge in [0, 0.05) is 0 Å². The molecule has 0 aromatic heterocycles. The van der Waals surface area contributed by atoms with Gasteiger partial charge in [0.1, 0.15) is 12.4 Å². The van der Waals surface area contributed by atoms with Gasteiger partial charge >= 0.3 is 12.6 Å². The van der Waals surface area contributed by atoms with Crippen molar-refractivity contribution >= 4 is 5.97 Å². The number of carbonyl (C=O) groups excluding carboxylic acids is 1. The van der Waals surface area contributed by atoms with Gasteiger partial charge in [-0.1, -0.05) is 30.3 Å². The third kappa shape index (κ3) is 4.05. The summed E-state index contributed by atoms with van der Waals surface area (Å²) in [6.45, 7) is -2.72. The van der Waals surface area contributed by atoms with Gasteiger partial charge in [0.05, 0.1) is 5.56 Å². The van der Waals surface area contributed by atoms with Crippen molar-refractivity contribution in [2.24, 2.45) is 0 Å². The highest BCUT2D eigenvalue weighted by atomic mass is 19.3. The van der Waals surface area contributed by atoms with Gasteiger partial charge in [-0.05, 0) is 29.8 Å². The quantitative estimate of drug-likeness (QED) is 0.783. The summed E-state index contributed by atoms with van der Waals surface area (Å²) in [5.41, 5.74) is 1.15. The minimum atomic E-state index is -2.88. The first kappa shape index (κ1) is 14.0. The maximum atomic E-state index is 12.0. The van der Waals surface area contributed by atoms with E-state index < -0.39 is 12.6 Å². The lowest BCUT2D eigenvalue weighted by Gasteiger charge is -2.06. The molecule has 0 N–H and O–H groups in total. The van der Waals surface area contributed by atoms with Crippen LogP contribution in [-0.2, 0) is 11.3 Å². The first-order chi connectivity index (χ1) is 9.65. The highest BCUT2D eigenvalue weighted by molar-refractivity contribution is 5.89. The number of alkyl halides is 2. The lowest BCUT2D eigenvalue weighted by molar-refractivity contribution is -0.0498. The third-order valence-corrected chi connectivity index (χ3v) is 2.53. The van der Waals surface area contributed by atoms with Crippen LogP contribution in [0.2, 0.25) is 0 Å². The second-order valence-electron chi connectivity index (χ2n) is 3.96. The zero-order valence-corrected chi connectivity index (χ0v) is 10.5. The molecule has 0 aliphatic rings. The van der Waals surface area contributed by atoms with Crippen molar-refractivity contribution in [2.75, 3.05) is 0 Å². The molecule has 5 heteroatoms. The monoisotopic (exact) mass is 278 g/mol. The van der Waals surface area contributed by atoms with Crippen molar-refractivity contribution in [3.8, 4) is 5.75 Å². The Kier molecular flexibility index (Phi) is 4.65. The van der Waals surface area contributed by atoms with Gasteiger partial charge in [0.25, 0.3) is 0 Å². The van der Waals surface area contributed by atoms with E-state index in [1.807, 2.05) is 30.3 Å². The topological polar surface area (TPSA) is 35.5 Å². The molecule has 2 aromatic rings. The molecule has 0 amide bonds. The average Bonchev–Trinajstić information content (AvgIpc) is 2.46. The van der Waals surface area contributed by atoms with E-state index in [2.05, 4.69) is 4.74 Å². The zero-order chi connectivity index (χ0) is 14.4. The summed E-state index contributed by atoms with van der Waals surface area (Å²) in [7, 11) is 0. The van der Waals surface area contributed by atoms with Crippen molar-refractivity contribution in [3.63, 3.8) is 0 Å². The van der Waals surface area contributed by atoms with E-state index in [-0.39, 0.29) is 17.9 Å². The molecule has 104 valence electrons. The van der Waals surface area contributed by atoms with Crippen LogP contribution >= 0.6 is 0 Å². The fourth-order valence-corrected chi connectivity index (χ4v) is 1.58. The molecule has 0 heterocycles. The highest BCUT2D eigenvalue weighted by Crippen LogP contribution is 2.15. The van der Waals surface area contributed by atoms with E-state index >= 15 is 0 Å². The Hall–Kier alpha value is -2.43. The predicted octanol–water partition coefficient (Wildman–Crippen LogP) is 3.65. The van der Waals surface area contributed by atoms with Crippen LogP contribution in [-0.4, -0.2) is 12.6 Å². The Bertz CT molecular complexity index is 553. The number of halogens is 2. The zero-order valence-electron chi connectivity index (χ0n) is 10.5. The van der Waals surface area contributed by atoms with E-state index in [1.165, 1.54) is 24.3 Å². The molecule has 0 radical (unpaired) electrons. The van der Waals surface area contributed by atoms with Crippen LogP contribution in [0.4, 0.5) is 8.78 Å². The van der Waals surface area contributed by atoms with Crippen molar-refractivity contribution in [3.05, 3.63) is 65.7 Å². The number of benzene rings is 2. The van der Waals surface area contributed by atoms with E-state index in [4.69, 9.17) is 4.74 Å². The van der Waals surface area contributed by atoms with E-state index in [0.717, 1.165) is 5.56 Å². The van der Waals surface area contributed by atoms with E-state index in [1.54, 1.807) is 0 Å². The Labute approximate surface area is 114 Å². The summed E-state index contributed by atoms with van der Waals surface area (Å²) in [5.74, 6) is -0.517. The first-order valence-corrected chi connectivity index (χ1v) is 5.91. The smallest absolute Gasteiger partial charge is 0.387 e. The summed E-state index contributed by atoms with van der Waals surface area (Å²) < 4.78 is 33.2. The van der Waals surface area contributed by atoms with Crippen molar-refractivity contribution < 1.29 is 23.0 Å². The van der Waals surface area contributed by atoms with Crippen LogP contribution < -0.4 is 4.74 Å². The molecule has 20 heavy (non-hydrogen) atoms. The van der Waals surface area contributed by atoms with Crippen LogP contribution in [0.15, 0.2) is 54.6 Å². The molecule has 0 atom stereocenters. The summed E-state index contributed by atoms with van der Waals surface area (Å²) in [4.78, 5) is 11.7. The fraction of sp³-hybridized carbons (Fsp3) is 0.133. The SMILES string of the molecule is O=C(OCc1ccccc1)c1ccc(OC(F)F)cc1. The molecule has 0 saturated carbocycles. The summed E-state index contributed by atoms with van der Waals surface area (Å²) in [6.07, 6.45) is 0. The Balaban J connectivity index is 1.92. The molecule has 2 rings (SSSR count). The molecule has 0 aliphatic carbocycles. The Morgan fingerprint density at radius 1 is 1.00 bits per heavy atom. The number of hydrogen-bond acceptors (Lipinski definition) is 3. The minimum Gasteiger partial charge on any atom is -0.457 e. The highest BCUT2D eigenvalue weighted by Gasteiger charge is 2.09. The molecular formula is C15H12F2O3. The molecular weight excluding hydrogens is 266 g/mol. The predicted molar refractivity (Wildman–Crippen MR) is 68.6 cm³/mol. The minimum absolute atomic E-state index is 0.000362. The van der Waals surface area contributed by atoms with Gasteiger partial charge in [-0.15, -0.1) is 0 Å². The molecule has 0 bridgehead atoms. The second kappa shape index (κ2) is 6.65. The summed E-state index contributed by atoms with van der Waals surface area (Å²) in [6, 6.07) is 14.6. The van der Waals surface area contributed by atoms with Gasteiger partial charge in [0.2, 0.25) is 0 Å².